The number of para-hydroxylation sites is 1. The zero-order valence-corrected chi connectivity index (χ0v) is 20.1. The molecular formula is C27H31BF4N-. The van der Waals surface area contributed by atoms with Crippen molar-refractivity contribution in [3.63, 3.8) is 0 Å². The van der Waals surface area contributed by atoms with Crippen molar-refractivity contribution in [3.8, 4) is 0 Å². The van der Waals surface area contributed by atoms with Crippen LogP contribution in [0.4, 0.5) is 34.3 Å². The third-order valence-electron chi connectivity index (χ3n) is 5.78. The Morgan fingerprint density at radius 2 is 1.03 bits per heavy atom. The molecule has 0 saturated carbocycles. The molecule has 0 aromatic heterocycles. The summed E-state index contributed by atoms with van der Waals surface area (Å²) >= 11 is 0. The fraction of sp³-hybridized carbons (Fsp3) is 0.333. The summed E-state index contributed by atoms with van der Waals surface area (Å²) < 4.78 is 39.0. The van der Waals surface area contributed by atoms with Crippen molar-refractivity contribution in [2.75, 3.05) is 4.90 Å². The van der Waals surface area contributed by atoms with Crippen molar-refractivity contribution < 1.29 is 17.3 Å². The van der Waals surface area contributed by atoms with Gasteiger partial charge in [0, 0.05) is 23.5 Å². The van der Waals surface area contributed by atoms with Gasteiger partial charge in [-0.15, -0.1) is 0 Å². The zero-order chi connectivity index (χ0) is 24.6. The molecule has 0 fully saturated rings. The van der Waals surface area contributed by atoms with Gasteiger partial charge in [-0.3, -0.25) is 0 Å². The molecule has 0 amide bonds. The molecule has 1 aliphatic rings. The summed E-state index contributed by atoms with van der Waals surface area (Å²) in [4.78, 5) is 2.46. The van der Waals surface area contributed by atoms with Crippen LogP contribution in [0.15, 0.2) is 66.7 Å². The van der Waals surface area contributed by atoms with Crippen LogP contribution in [0, 0.1) is 0 Å². The average molecular weight is 456 g/mol. The first kappa shape index (κ1) is 24.9. The zero-order valence-electron chi connectivity index (χ0n) is 20.1. The van der Waals surface area contributed by atoms with Gasteiger partial charge in [-0.25, -0.2) is 0 Å². The Bertz CT molecular complexity index is 1040. The normalized spacial score (nSPS) is 13.6. The second-order valence-electron chi connectivity index (χ2n) is 10.5. The van der Waals surface area contributed by atoms with E-state index in [-0.39, 0.29) is 10.8 Å². The van der Waals surface area contributed by atoms with Crippen molar-refractivity contribution >= 4 is 24.3 Å². The van der Waals surface area contributed by atoms with Gasteiger partial charge in [0.25, 0.3) is 0 Å². The fourth-order valence-electron chi connectivity index (χ4n) is 3.97. The maximum absolute atomic E-state index is 9.75. The van der Waals surface area contributed by atoms with Gasteiger partial charge in [0.05, 0.1) is 0 Å². The molecule has 0 bridgehead atoms. The molecule has 176 valence electrons. The first-order chi connectivity index (χ1) is 15.1. The molecule has 0 N–H and O–H groups in total. The summed E-state index contributed by atoms with van der Waals surface area (Å²) in [5, 5.41) is 0. The first-order valence-electron chi connectivity index (χ1n) is 11.1. The van der Waals surface area contributed by atoms with Crippen LogP contribution in [0.1, 0.15) is 63.8 Å². The predicted octanol–water partition coefficient (Wildman–Crippen LogP) is 8.96. The quantitative estimate of drug-likeness (QED) is 0.204. The van der Waals surface area contributed by atoms with Crippen molar-refractivity contribution in [2.24, 2.45) is 0 Å². The molecule has 1 heterocycles. The summed E-state index contributed by atoms with van der Waals surface area (Å²) in [5.41, 5.74) is 9.66. The number of benzene rings is 3. The third kappa shape index (κ3) is 6.18. The van der Waals surface area contributed by atoms with E-state index in [4.69, 9.17) is 0 Å². The van der Waals surface area contributed by atoms with Crippen LogP contribution < -0.4 is 4.90 Å². The smallest absolute Gasteiger partial charge is 0.418 e. The summed E-state index contributed by atoms with van der Waals surface area (Å²) in [6, 6.07) is 24.8. The van der Waals surface area contributed by atoms with Gasteiger partial charge in [0.2, 0.25) is 0 Å². The van der Waals surface area contributed by atoms with Crippen molar-refractivity contribution in [2.45, 2.75) is 58.8 Å². The number of nitrogens with zero attached hydrogens (tertiary/aromatic N) is 1. The Balaban J connectivity index is 0.000000555. The summed E-state index contributed by atoms with van der Waals surface area (Å²) in [7, 11) is -6.00. The molecule has 0 saturated heterocycles. The lowest BCUT2D eigenvalue weighted by Gasteiger charge is -2.36. The maximum Gasteiger partial charge on any atom is 0.673 e. The first-order valence-corrected chi connectivity index (χ1v) is 11.1. The number of hydrogen-bond acceptors (Lipinski definition) is 1. The van der Waals surface area contributed by atoms with Crippen LogP contribution in [-0.4, -0.2) is 7.25 Å². The number of hydrogen-bond donors (Lipinski definition) is 0. The van der Waals surface area contributed by atoms with Crippen LogP contribution in [0.3, 0.4) is 0 Å². The van der Waals surface area contributed by atoms with Gasteiger partial charge in [-0.05, 0) is 57.3 Å². The van der Waals surface area contributed by atoms with Crippen molar-refractivity contribution in [1.29, 1.82) is 0 Å². The van der Waals surface area contributed by atoms with E-state index in [0.29, 0.717) is 0 Å². The molecule has 0 atom stereocenters. The average Bonchev–Trinajstić information content (AvgIpc) is 2.69. The monoisotopic (exact) mass is 456 g/mol. The number of anilines is 3. The largest absolute Gasteiger partial charge is 0.673 e. The van der Waals surface area contributed by atoms with E-state index in [9.17, 15) is 17.3 Å². The standard InChI is InChI=1S/C27H31N.BF4/c1-26(2,3)21-14-12-19-16-20-13-15-22(27(4,5)6)18-25(20)28(24(19)17-21)23-10-8-7-9-11-23;2-1(3,4)5/h7-15,17-18H,16H2,1-6H3;/q;-1. The lowest BCUT2D eigenvalue weighted by molar-refractivity contribution is 0.368. The molecule has 0 aliphatic carbocycles. The van der Waals surface area contributed by atoms with Crippen LogP contribution in [0.5, 0.6) is 0 Å². The van der Waals surface area contributed by atoms with E-state index in [1.807, 2.05) is 0 Å². The van der Waals surface area contributed by atoms with Crippen LogP contribution in [0.2, 0.25) is 0 Å². The van der Waals surface area contributed by atoms with Crippen molar-refractivity contribution in [1.82, 2.24) is 0 Å². The highest BCUT2D eigenvalue weighted by Gasteiger charge is 2.27. The van der Waals surface area contributed by atoms with E-state index in [1.165, 1.54) is 39.3 Å². The predicted molar refractivity (Wildman–Crippen MR) is 132 cm³/mol. The van der Waals surface area contributed by atoms with Crippen LogP contribution >= 0.6 is 0 Å². The second-order valence-corrected chi connectivity index (χ2v) is 10.5. The highest BCUT2D eigenvalue weighted by atomic mass is 19.5. The molecule has 0 spiro atoms. The molecule has 4 rings (SSSR count). The number of fused-ring (bicyclic) bond motifs is 2. The Morgan fingerprint density at radius 3 is 1.39 bits per heavy atom. The summed E-state index contributed by atoms with van der Waals surface area (Å²) in [5.74, 6) is 0. The van der Waals surface area contributed by atoms with Gasteiger partial charge >= 0.3 is 7.25 Å². The molecule has 6 heteroatoms. The number of halogens is 4. The van der Waals surface area contributed by atoms with E-state index in [2.05, 4.69) is 113 Å². The highest BCUT2D eigenvalue weighted by Crippen LogP contribution is 2.46. The third-order valence-corrected chi connectivity index (χ3v) is 5.78. The molecule has 0 radical (unpaired) electrons. The van der Waals surface area contributed by atoms with E-state index in [1.54, 1.807) is 0 Å². The SMILES string of the molecule is CC(C)(C)c1ccc2c(c1)N(c1ccccc1)c1cc(C(C)(C)C)ccc1C2.F[B-](F)(F)F. The second kappa shape index (κ2) is 8.88. The molecule has 33 heavy (non-hydrogen) atoms. The minimum Gasteiger partial charge on any atom is -0.418 e. The molecule has 1 aliphatic heterocycles. The van der Waals surface area contributed by atoms with E-state index < -0.39 is 7.25 Å². The van der Waals surface area contributed by atoms with E-state index >= 15 is 0 Å². The van der Waals surface area contributed by atoms with Gasteiger partial charge in [-0.1, -0.05) is 84.0 Å². The number of rotatable bonds is 1. The molecular weight excluding hydrogens is 425 g/mol. The van der Waals surface area contributed by atoms with Crippen molar-refractivity contribution in [3.05, 3.63) is 89.0 Å². The highest BCUT2D eigenvalue weighted by molar-refractivity contribution is 6.50. The summed E-state index contributed by atoms with van der Waals surface area (Å²) in [6.07, 6.45) is 0.989. The lowest BCUT2D eigenvalue weighted by Crippen LogP contribution is -2.22. The van der Waals surface area contributed by atoms with Gasteiger partial charge in [0.1, 0.15) is 0 Å². The molecule has 0 unspecified atom stereocenters. The van der Waals surface area contributed by atoms with Gasteiger partial charge < -0.3 is 22.2 Å². The lowest BCUT2D eigenvalue weighted by atomic mass is 9.82. The van der Waals surface area contributed by atoms with E-state index in [0.717, 1.165) is 6.42 Å². The minimum atomic E-state index is -6.00. The van der Waals surface area contributed by atoms with Gasteiger partial charge in [-0.2, -0.15) is 0 Å². The fourth-order valence-corrected chi connectivity index (χ4v) is 3.97. The Hall–Kier alpha value is -2.76. The molecule has 3 aromatic rings. The van der Waals surface area contributed by atoms with Crippen LogP contribution in [0.25, 0.3) is 0 Å². The molecule has 1 nitrogen and oxygen atoms in total. The Kier molecular flexibility index (Phi) is 6.70. The minimum absolute atomic E-state index is 0.130. The van der Waals surface area contributed by atoms with Gasteiger partial charge in [0.15, 0.2) is 0 Å². The topological polar surface area (TPSA) is 3.24 Å². The molecule has 3 aromatic carbocycles. The Morgan fingerprint density at radius 1 is 0.636 bits per heavy atom. The summed E-state index contributed by atoms with van der Waals surface area (Å²) in [6.45, 7) is 13.7. The maximum atomic E-state index is 9.75. The van der Waals surface area contributed by atoms with Crippen LogP contribution in [-0.2, 0) is 17.3 Å². The Labute approximate surface area is 194 Å².